The molecule has 2 aromatic carbocycles. The number of H-pyrrole nitrogens is 1. The molecule has 6 nitrogen and oxygen atoms in total. The summed E-state index contributed by atoms with van der Waals surface area (Å²) in [6.45, 7) is 0.399. The van der Waals surface area contributed by atoms with E-state index in [1.165, 1.54) is 0 Å². The number of aromatic amines is 1. The van der Waals surface area contributed by atoms with Crippen LogP contribution in [0.4, 0.5) is 0 Å². The predicted octanol–water partition coefficient (Wildman–Crippen LogP) is 4.58. The summed E-state index contributed by atoms with van der Waals surface area (Å²) in [5.74, 6) is 1.12. The summed E-state index contributed by atoms with van der Waals surface area (Å²) in [6.07, 6.45) is 0. The van der Waals surface area contributed by atoms with Crippen LogP contribution >= 0.6 is 35.4 Å². The van der Waals surface area contributed by atoms with Gasteiger partial charge in [-0.15, -0.1) is 0 Å². The van der Waals surface area contributed by atoms with Gasteiger partial charge in [0.15, 0.2) is 10.6 Å². The van der Waals surface area contributed by atoms with Crippen molar-refractivity contribution in [2.24, 2.45) is 0 Å². The number of likely N-dealkylation sites (N-methyl/N-ethyl adjacent to an activating group) is 1. The largest absolute Gasteiger partial charge is 0.496 e. The van der Waals surface area contributed by atoms with Crippen LogP contribution in [-0.2, 0) is 17.9 Å². The number of hydrogen-bond acceptors (Lipinski definition) is 4. The Morgan fingerprint density at radius 1 is 1.21 bits per heavy atom. The van der Waals surface area contributed by atoms with E-state index in [4.69, 9.17) is 40.2 Å². The van der Waals surface area contributed by atoms with E-state index in [0.29, 0.717) is 32.9 Å². The van der Waals surface area contributed by atoms with Crippen LogP contribution in [0, 0.1) is 4.77 Å². The van der Waals surface area contributed by atoms with Gasteiger partial charge in [-0.3, -0.25) is 14.5 Å². The first-order valence-corrected chi connectivity index (χ1v) is 9.53. The third-order valence-corrected chi connectivity index (χ3v) is 5.03. The Kier molecular flexibility index (Phi) is 6.39. The number of nitrogens with one attached hydrogen (secondary N) is 1. The van der Waals surface area contributed by atoms with Gasteiger partial charge in [-0.25, -0.2) is 0 Å². The van der Waals surface area contributed by atoms with Crippen LogP contribution in [0.1, 0.15) is 5.56 Å². The van der Waals surface area contributed by atoms with Crippen molar-refractivity contribution < 1.29 is 9.53 Å². The van der Waals surface area contributed by atoms with Crippen LogP contribution in [0.3, 0.4) is 0 Å². The fourth-order valence-electron chi connectivity index (χ4n) is 2.75. The molecule has 0 radical (unpaired) electrons. The number of carbonyl (C=O) groups is 1. The number of amides is 1. The van der Waals surface area contributed by atoms with Crippen molar-refractivity contribution in [1.29, 1.82) is 0 Å². The van der Waals surface area contributed by atoms with E-state index in [2.05, 4.69) is 10.2 Å². The summed E-state index contributed by atoms with van der Waals surface area (Å²) >= 11 is 17.3. The van der Waals surface area contributed by atoms with Crippen LogP contribution in [-0.4, -0.2) is 39.7 Å². The zero-order valence-electron chi connectivity index (χ0n) is 15.3. The minimum Gasteiger partial charge on any atom is -0.496 e. The number of ether oxygens (including phenoxy) is 1. The van der Waals surface area contributed by atoms with E-state index in [-0.39, 0.29) is 12.5 Å². The normalized spacial score (nSPS) is 10.7. The zero-order chi connectivity index (χ0) is 20.3. The molecular weight excluding hydrogens is 419 g/mol. The summed E-state index contributed by atoms with van der Waals surface area (Å²) in [5.41, 5.74) is 1.63. The molecule has 0 bridgehead atoms. The molecule has 0 aliphatic heterocycles. The number of carbonyl (C=O) groups excluding carboxylic acids is 1. The van der Waals surface area contributed by atoms with Gasteiger partial charge in [-0.2, -0.15) is 5.10 Å². The second-order valence-electron chi connectivity index (χ2n) is 6.15. The van der Waals surface area contributed by atoms with Crippen LogP contribution in [0.5, 0.6) is 5.75 Å². The van der Waals surface area contributed by atoms with Gasteiger partial charge in [0, 0.05) is 34.8 Å². The molecule has 0 fully saturated rings. The van der Waals surface area contributed by atoms with Gasteiger partial charge in [-0.05, 0) is 54.7 Å². The molecule has 3 aromatic rings. The molecule has 1 heterocycles. The van der Waals surface area contributed by atoms with Crippen molar-refractivity contribution in [1.82, 2.24) is 19.7 Å². The quantitative estimate of drug-likeness (QED) is 0.574. The molecule has 1 N–H and O–H groups in total. The maximum Gasteiger partial charge on any atom is 0.242 e. The Morgan fingerprint density at radius 3 is 2.57 bits per heavy atom. The van der Waals surface area contributed by atoms with Gasteiger partial charge < -0.3 is 9.64 Å². The van der Waals surface area contributed by atoms with E-state index < -0.39 is 0 Å². The summed E-state index contributed by atoms with van der Waals surface area (Å²) in [5, 5.41) is 8.19. The predicted molar refractivity (Wildman–Crippen MR) is 112 cm³/mol. The maximum atomic E-state index is 12.8. The van der Waals surface area contributed by atoms with E-state index in [9.17, 15) is 4.79 Å². The Hall–Kier alpha value is -2.35. The fraction of sp³-hybridized carbons (Fsp3) is 0.211. The molecular formula is C19H18Cl2N4O2S. The highest BCUT2D eigenvalue weighted by Crippen LogP contribution is 2.24. The molecule has 1 amide bonds. The molecule has 0 saturated heterocycles. The Labute approximate surface area is 177 Å². The molecule has 146 valence electrons. The number of nitrogens with zero attached hydrogens (tertiary/aromatic N) is 3. The second kappa shape index (κ2) is 8.77. The van der Waals surface area contributed by atoms with Gasteiger partial charge in [0.1, 0.15) is 12.3 Å². The van der Waals surface area contributed by atoms with Gasteiger partial charge in [0.25, 0.3) is 0 Å². The standard InChI is InChI=1S/C19H18Cl2N4O2S/c1-24(10-13-9-15(21)7-8-16(13)27-2)17(26)11-25-18(22-23-19(25)28)12-3-5-14(20)6-4-12/h3-9H,10-11H2,1-2H3,(H,23,28). The van der Waals surface area contributed by atoms with Crippen molar-refractivity contribution in [3.05, 3.63) is 62.8 Å². The average Bonchev–Trinajstić information content (AvgIpc) is 3.03. The summed E-state index contributed by atoms with van der Waals surface area (Å²) in [7, 11) is 3.30. The molecule has 0 atom stereocenters. The van der Waals surface area contributed by atoms with Crippen molar-refractivity contribution in [2.75, 3.05) is 14.2 Å². The third-order valence-electron chi connectivity index (χ3n) is 4.23. The summed E-state index contributed by atoms with van der Waals surface area (Å²) in [4.78, 5) is 14.4. The van der Waals surface area contributed by atoms with Crippen molar-refractivity contribution in [3.8, 4) is 17.1 Å². The van der Waals surface area contributed by atoms with E-state index >= 15 is 0 Å². The number of halogens is 2. The van der Waals surface area contributed by atoms with Crippen LogP contribution < -0.4 is 4.74 Å². The van der Waals surface area contributed by atoms with Gasteiger partial charge in [0.05, 0.1) is 7.11 Å². The molecule has 0 aliphatic carbocycles. The fourth-order valence-corrected chi connectivity index (χ4v) is 3.27. The van der Waals surface area contributed by atoms with E-state index in [0.717, 1.165) is 11.1 Å². The van der Waals surface area contributed by atoms with Gasteiger partial charge in [0.2, 0.25) is 5.91 Å². The third kappa shape index (κ3) is 4.55. The van der Waals surface area contributed by atoms with Crippen molar-refractivity contribution >= 4 is 41.3 Å². The first-order valence-electron chi connectivity index (χ1n) is 8.36. The molecule has 28 heavy (non-hydrogen) atoms. The summed E-state index contributed by atoms with van der Waals surface area (Å²) < 4.78 is 7.38. The van der Waals surface area contributed by atoms with E-state index in [1.54, 1.807) is 54.0 Å². The molecule has 0 aliphatic rings. The monoisotopic (exact) mass is 436 g/mol. The average molecular weight is 437 g/mol. The summed E-state index contributed by atoms with van der Waals surface area (Å²) in [6, 6.07) is 12.5. The number of benzene rings is 2. The second-order valence-corrected chi connectivity index (χ2v) is 7.41. The molecule has 9 heteroatoms. The highest BCUT2D eigenvalue weighted by Gasteiger charge is 2.17. The minimum absolute atomic E-state index is 0.0483. The number of hydrogen-bond donors (Lipinski definition) is 1. The zero-order valence-corrected chi connectivity index (χ0v) is 17.6. The molecule has 1 aromatic heterocycles. The lowest BCUT2D eigenvalue weighted by Gasteiger charge is -2.19. The molecule has 0 unspecified atom stereocenters. The molecule has 0 spiro atoms. The number of aromatic nitrogens is 3. The maximum absolute atomic E-state index is 12.8. The molecule has 0 saturated carbocycles. The first-order chi connectivity index (χ1) is 13.4. The first kappa shape index (κ1) is 20.4. The Balaban J connectivity index is 1.80. The van der Waals surface area contributed by atoms with Crippen LogP contribution in [0.2, 0.25) is 10.0 Å². The van der Waals surface area contributed by atoms with Gasteiger partial charge >= 0.3 is 0 Å². The highest BCUT2D eigenvalue weighted by molar-refractivity contribution is 7.71. The minimum atomic E-state index is -0.130. The number of methoxy groups -OCH3 is 1. The lowest BCUT2D eigenvalue weighted by Crippen LogP contribution is -2.30. The van der Waals surface area contributed by atoms with Crippen molar-refractivity contribution in [2.45, 2.75) is 13.1 Å². The Morgan fingerprint density at radius 2 is 1.89 bits per heavy atom. The van der Waals surface area contributed by atoms with Gasteiger partial charge in [-0.1, -0.05) is 23.2 Å². The molecule has 3 rings (SSSR count). The topological polar surface area (TPSA) is 63.1 Å². The van der Waals surface area contributed by atoms with Crippen molar-refractivity contribution in [3.63, 3.8) is 0 Å². The Bertz CT molecular complexity index is 1050. The number of rotatable bonds is 6. The highest BCUT2D eigenvalue weighted by atomic mass is 35.5. The SMILES string of the molecule is COc1ccc(Cl)cc1CN(C)C(=O)Cn1c(-c2ccc(Cl)cc2)n[nH]c1=S. The lowest BCUT2D eigenvalue weighted by atomic mass is 10.2. The van der Waals surface area contributed by atoms with Crippen LogP contribution in [0.25, 0.3) is 11.4 Å². The lowest BCUT2D eigenvalue weighted by molar-refractivity contribution is -0.131. The van der Waals surface area contributed by atoms with E-state index in [1.807, 2.05) is 12.1 Å². The smallest absolute Gasteiger partial charge is 0.242 e. The van der Waals surface area contributed by atoms with Crippen LogP contribution in [0.15, 0.2) is 42.5 Å².